The molecule has 1 heterocycles. The molecule has 0 spiro atoms. The average molecular weight is 432 g/mol. The first-order chi connectivity index (χ1) is 15.5. The molecule has 5 heteroatoms. The number of esters is 1. The minimum absolute atomic E-state index is 0.256. The molecule has 0 N–H and O–H groups in total. The maximum Gasteiger partial charge on any atom is 0.330 e. The molecule has 1 aliphatic rings. The zero-order valence-electron chi connectivity index (χ0n) is 18.5. The molecule has 3 aromatic carbocycles. The quantitative estimate of drug-likeness (QED) is 0.403. The fraction of sp³-hybridized carbons (Fsp3) is 0.222. The van der Waals surface area contributed by atoms with Gasteiger partial charge in [0.2, 0.25) is 0 Å². The molecule has 0 amide bonds. The van der Waals surface area contributed by atoms with Gasteiger partial charge in [0, 0.05) is 18.3 Å². The Morgan fingerprint density at radius 1 is 1.06 bits per heavy atom. The van der Waals surface area contributed by atoms with E-state index in [1.54, 1.807) is 25.3 Å². The summed E-state index contributed by atoms with van der Waals surface area (Å²) < 4.78 is 24.2. The normalized spacial score (nSPS) is 17.8. The highest BCUT2D eigenvalue weighted by Crippen LogP contribution is 2.44. The van der Waals surface area contributed by atoms with Crippen LogP contribution in [0.15, 0.2) is 72.8 Å². The largest absolute Gasteiger partial charge is 0.497 e. The van der Waals surface area contributed by atoms with E-state index in [2.05, 4.69) is 40.8 Å². The Morgan fingerprint density at radius 2 is 1.84 bits per heavy atom. The van der Waals surface area contributed by atoms with Gasteiger partial charge in [0.15, 0.2) is 0 Å². The first-order valence-corrected chi connectivity index (χ1v) is 10.5. The first-order valence-electron chi connectivity index (χ1n) is 10.5. The lowest BCUT2D eigenvalue weighted by Crippen LogP contribution is -2.49. The number of rotatable bonds is 5. The smallest absolute Gasteiger partial charge is 0.330 e. The zero-order chi connectivity index (χ0) is 22.7. The molecule has 4 nitrogen and oxygen atoms in total. The van der Waals surface area contributed by atoms with Gasteiger partial charge in [-0.25, -0.2) is 9.18 Å². The molecule has 164 valence electrons. The molecule has 1 unspecified atom stereocenters. The van der Waals surface area contributed by atoms with Gasteiger partial charge in [-0.2, -0.15) is 0 Å². The Balaban J connectivity index is 1.82. The maximum atomic E-state index is 14.1. The van der Waals surface area contributed by atoms with Crippen molar-refractivity contribution >= 4 is 17.7 Å². The first kappa shape index (κ1) is 21.6. The second kappa shape index (κ2) is 8.87. The Morgan fingerprint density at radius 3 is 2.53 bits per heavy atom. The fourth-order valence-corrected chi connectivity index (χ4v) is 4.47. The van der Waals surface area contributed by atoms with Crippen LogP contribution in [0.4, 0.5) is 10.1 Å². The zero-order valence-corrected chi connectivity index (χ0v) is 18.5. The number of anilines is 1. The molecule has 1 aliphatic heterocycles. The van der Waals surface area contributed by atoms with Crippen molar-refractivity contribution in [3.63, 3.8) is 0 Å². The van der Waals surface area contributed by atoms with Crippen LogP contribution in [0.3, 0.4) is 0 Å². The second-order valence-corrected chi connectivity index (χ2v) is 7.96. The van der Waals surface area contributed by atoms with Crippen molar-refractivity contribution in [3.05, 3.63) is 101 Å². The third-order valence-corrected chi connectivity index (χ3v) is 6.19. The van der Waals surface area contributed by atoms with Crippen molar-refractivity contribution in [3.8, 4) is 5.75 Å². The third-order valence-electron chi connectivity index (χ3n) is 6.19. The van der Waals surface area contributed by atoms with E-state index in [0.717, 1.165) is 41.1 Å². The van der Waals surface area contributed by atoms with Crippen LogP contribution in [0.5, 0.6) is 5.75 Å². The predicted octanol–water partition coefficient (Wildman–Crippen LogP) is 5.35. The van der Waals surface area contributed by atoms with E-state index in [4.69, 9.17) is 4.74 Å². The molecule has 0 aromatic heterocycles. The summed E-state index contributed by atoms with van der Waals surface area (Å²) in [4.78, 5) is 13.7. The van der Waals surface area contributed by atoms with Gasteiger partial charge in [0.05, 0.1) is 19.8 Å². The van der Waals surface area contributed by atoms with Crippen LogP contribution in [-0.2, 0) is 21.5 Å². The molecule has 32 heavy (non-hydrogen) atoms. The van der Waals surface area contributed by atoms with Gasteiger partial charge in [-0.05, 0) is 72.0 Å². The number of ether oxygens (including phenoxy) is 2. The second-order valence-electron chi connectivity index (χ2n) is 7.96. The van der Waals surface area contributed by atoms with Gasteiger partial charge in [-0.15, -0.1) is 0 Å². The van der Waals surface area contributed by atoms with Gasteiger partial charge in [0.1, 0.15) is 11.6 Å². The van der Waals surface area contributed by atoms with E-state index in [1.807, 2.05) is 24.3 Å². The summed E-state index contributed by atoms with van der Waals surface area (Å²) >= 11 is 0. The molecule has 0 fully saturated rings. The average Bonchev–Trinajstić information content (AvgIpc) is 2.82. The minimum atomic E-state index is -0.516. The Labute approximate surface area is 187 Å². The van der Waals surface area contributed by atoms with Crippen LogP contribution in [0.25, 0.3) is 6.08 Å². The van der Waals surface area contributed by atoms with E-state index in [-0.39, 0.29) is 5.82 Å². The fourth-order valence-electron chi connectivity index (χ4n) is 4.47. The highest BCUT2D eigenvalue weighted by atomic mass is 19.1. The number of hydrogen-bond donors (Lipinski definition) is 0. The monoisotopic (exact) mass is 431 g/mol. The van der Waals surface area contributed by atoms with E-state index in [0.29, 0.717) is 0 Å². The number of carbonyl (C=O) groups is 1. The van der Waals surface area contributed by atoms with Crippen molar-refractivity contribution in [2.24, 2.45) is 0 Å². The molecule has 1 atom stereocenters. The number of nitrogens with zero attached hydrogens (tertiary/aromatic N) is 1. The predicted molar refractivity (Wildman–Crippen MR) is 124 cm³/mol. The van der Waals surface area contributed by atoms with Gasteiger partial charge in [-0.3, -0.25) is 0 Å². The summed E-state index contributed by atoms with van der Waals surface area (Å²) in [7, 11) is 3.02. The summed E-state index contributed by atoms with van der Waals surface area (Å²) in [6.45, 7) is 2.91. The minimum Gasteiger partial charge on any atom is -0.497 e. The Kier molecular flexibility index (Phi) is 5.99. The molecular weight excluding hydrogens is 405 g/mol. The number of halogens is 1. The van der Waals surface area contributed by atoms with E-state index in [9.17, 15) is 9.18 Å². The third kappa shape index (κ3) is 3.98. The van der Waals surface area contributed by atoms with Crippen molar-refractivity contribution < 1.29 is 18.7 Å². The molecule has 0 bridgehead atoms. The number of fused-ring (bicyclic) bond motifs is 1. The van der Waals surface area contributed by atoms with Gasteiger partial charge >= 0.3 is 5.97 Å². The van der Waals surface area contributed by atoms with Crippen LogP contribution >= 0.6 is 0 Å². The van der Waals surface area contributed by atoms with Crippen molar-refractivity contribution in [2.45, 2.75) is 18.9 Å². The van der Waals surface area contributed by atoms with Gasteiger partial charge < -0.3 is 14.4 Å². The van der Waals surface area contributed by atoms with Crippen LogP contribution in [0, 0.1) is 5.82 Å². The molecule has 0 aliphatic carbocycles. The number of benzene rings is 3. The van der Waals surface area contributed by atoms with E-state index >= 15 is 0 Å². The van der Waals surface area contributed by atoms with Crippen molar-refractivity contribution in [1.29, 1.82) is 0 Å². The van der Waals surface area contributed by atoms with Crippen LogP contribution in [0.2, 0.25) is 0 Å². The SMILES string of the molecule is COC(=O)C=Cc1ccc(C2(C)c3ccc(OC)cc3CCN2c2cccc(F)c2)cc1. The van der Waals surface area contributed by atoms with Crippen LogP contribution in [0.1, 0.15) is 29.2 Å². The van der Waals surface area contributed by atoms with Gasteiger partial charge in [-0.1, -0.05) is 36.4 Å². The summed E-state index contributed by atoms with van der Waals surface area (Å²) in [5.41, 5.74) is 4.66. The molecule has 0 saturated heterocycles. The van der Waals surface area contributed by atoms with Crippen LogP contribution < -0.4 is 9.64 Å². The molecule has 0 radical (unpaired) electrons. The molecule has 0 saturated carbocycles. The lowest BCUT2D eigenvalue weighted by molar-refractivity contribution is -0.134. The number of carbonyl (C=O) groups excluding carboxylic acids is 1. The molecule has 4 rings (SSSR count). The maximum absolute atomic E-state index is 14.1. The summed E-state index contributed by atoms with van der Waals surface area (Å²) in [5, 5.41) is 0. The lowest BCUT2D eigenvalue weighted by Gasteiger charge is -2.48. The molecular formula is C27H26FNO3. The van der Waals surface area contributed by atoms with Gasteiger partial charge in [0.25, 0.3) is 0 Å². The van der Waals surface area contributed by atoms with E-state index in [1.165, 1.54) is 24.8 Å². The highest BCUT2D eigenvalue weighted by Gasteiger charge is 2.40. The van der Waals surface area contributed by atoms with Crippen LogP contribution in [-0.4, -0.2) is 26.7 Å². The Hall–Kier alpha value is -3.60. The standard InChI is InChI=1S/C27H26FNO3/c1-27(21-10-7-19(8-11-21)9-14-26(30)32-3)25-13-12-24(31-2)17-20(25)15-16-29(27)23-6-4-5-22(28)18-23/h4-14,17-18H,15-16H2,1-3H3. The Bertz CT molecular complexity index is 1160. The summed E-state index contributed by atoms with van der Waals surface area (Å²) in [6.07, 6.45) is 3.96. The molecule has 3 aromatic rings. The lowest BCUT2D eigenvalue weighted by atomic mass is 9.76. The van der Waals surface area contributed by atoms with Crippen molar-refractivity contribution in [2.75, 3.05) is 25.7 Å². The number of methoxy groups -OCH3 is 2. The summed E-state index contributed by atoms with van der Waals surface area (Å²) in [5.74, 6) is 0.177. The number of hydrogen-bond acceptors (Lipinski definition) is 4. The van der Waals surface area contributed by atoms with E-state index < -0.39 is 11.5 Å². The topological polar surface area (TPSA) is 38.8 Å². The van der Waals surface area contributed by atoms with Crippen molar-refractivity contribution in [1.82, 2.24) is 0 Å². The summed E-state index contributed by atoms with van der Waals surface area (Å²) in [6, 6.07) is 21.0. The highest BCUT2D eigenvalue weighted by molar-refractivity contribution is 5.86.